The van der Waals surface area contributed by atoms with Crippen LogP contribution in [0, 0.1) is 0 Å². The second kappa shape index (κ2) is 5.61. The lowest BCUT2D eigenvalue weighted by Crippen LogP contribution is -2.50. The number of nitrogens with one attached hydrogen (secondary N) is 1. The first kappa shape index (κ1) is 14.9. The molecule has 3 heterocycles. The molecule has 0 aromatic heterocycles. The topological polar surface area (TPSA) is 123 Å². The maximum absolute atomic E-state index is 12.2. The predicted octanol–water partition coefficient (Wildman–Crippen LogP) is -0.556. The molecule has 3 N–H and O–H groups in total. The largest absolute Gasteiger partial charge is 0.465 e. The molecule has 0 aromatic rings. The average molecular weight is 314 g/mol. The molecule has 3 aliphatic rings. The van der Waals surface area contributed by atoms with Crippen LogP contribution in [0.25, 0.3) is 0 Å². The third-order valence-electron chi connectivity index (χ3n) is 4.39. The summed E-state index contributed by atoms with van der Waals surface area (Å²) < 4.78 is 0. The number of rotatable bonds is 3. The minimum Gasteiger partial charge on any atom is -0.465 e. The van der Waals surface area contributed by atoms with Crippen molar-refractivity contribution in [1.82, 2.24) is 20.3 Å². The van der Waals surface area contributed by atoms with E-state index in [0.29, 0.717) is 37.4 Å². The van der Waals surface area contributed by atoms with Gasteiger partial charge in [0.15, 0.2) is 0 Å². The van der Waals surface area contributed by atoms with E-state index in [0.717, 1.165) is 0 Å². The van der Waals surface area contributed by atoms with Crippen molar-refractivity contribution in [1.29, 1.82) is 0 Å². The Hall–Kier alpha value is -2.07. The number of carbonyl (C=O) groups is 3. The number of carboxylic acid groups (broad SMARTS) is 1. The number of amides is 4. The minimum absolute atomic E-state index is 0.204. The van der Waals surface area contributed by atoms with Crippen LogP contribution in [0.4, 0.5) is 9.59 Å². The van der Waals surface area contributed by atoms with E-state index in [1.54, 1.807) is 0 Å². The van der Waals surface area contributed by atoms with Crippen LogP contribution in [0.5, 0.6) is 0 Å². The normalized spacial score (nSPS) is 30.9. The molecule has 0 spiro atoms. The molecule has 0 aromatic carbocycles. The number of hydroxylamine groups is 3. The van der Waals surface area contributed by atoms with Gasteiger partial charge in [-0.1, -0.05) is 0 Å². The summed E-state index contributed by atoms with van der Waals surface area (Å²) in [5.41, 5.74) is 2.32. The first-order valence-corrected chi connectivity index (χ1v) is 7.19. The summed E-state index contributed by atoms with van der Waals surface area (Å²) >= 11 is 0. The maximum Gasteiger partial charge on any atom is 0.407 e. The third-order valence-corrected chi connectivity index (χ3v) is 4.39. The van der Waals surface area contributed by atoms with Gasteiger partial charge >= 0.3 is 12.1 Å². The Morgan fingerprint density at radius 2 is 2.00 bits per heavy atom. The van der Waals surface area contributed by atoms with Gasteiger partial charge in [-0.2, -0.15) is 0 Å². The molecule has 22 heavy (non-hydrogen) atoms. The van der Waals surface area contributed by atoms with Gasteiger partial charge < -0.3 is 14.9 Å². The lowest BCUT2D eigenvalue weighted by molar-refractivity contribution is -0.143. The van der Waals surface area contributed by atoms with E-state index in [1.807, 2.05) is 0 Å². The molecule has 2 bridgehead atoms. The van der Waals surface area contributed by atoms with Crippen LogP contribution in [-0.2, 0) is 9.63 Å². The first-order valence-electron chi connectivity index (χ1n) is 7.19. The Morgan fingerprint density at radius 1 is 1.23 bits per heavy atom. The highest BCUT2D eigenvalue weighted by molar-refractivity contribution is 5.87. The molecule has 3 aliphatic heterocycles. The highest BCUT2D eigenvalue weighted by Crippen LogP contribution is 2.28. The van der Waals surface area contributed by atoms with Crippen molar-refractivity contribution in [2.75, 3.05) is 19.6 Å². The molecule has 3 fully saturated rings. The van der Waals surface area contributed by atoms with E-state index in [4.69, 9.17) is 9.94 Å². The summed E-state index contributed by atoms with van der Waals surface area (Å²) in [6.07, 6.45) is 0.107. The van der Waals surface area contributed by atoms with Crippen molar-refractivity contribution in [2.24, 2.45) is 0 Å². The number of hydrogen-bond acceptors (Lipinski definition) is 5. The van der Waals surface area contributed by atoms with Gasteiger partial charge in [-0.15, -0.1) is 0 Å². The van der Waals surface area contributed by atoms with Crippen LogP contribution >= 0.6 is 0 Å². The molecule has 10 heteroatoms. The van der Waals surface area contributed by atoms with Crippen LogP contribution in [0.2, 0.25) is 0 Å². The van der Waals surface area contributed by atoms with Crippen LogP contribution in [0.15, 0.2) is 0 Å². The SMILES string of the molecule is O=C(NO[C@@H]1CCN(C(=O)O)C1)[C@@H]1CC[C@@H]2CN1C(=O)N2O. The summed E-state index contributed by atoms with van der Waals surface area (Å²) in [4.78, 5) is 42.5. The Bertz CT molecular complexity index is 500. The highest BCUT2D eigenvalue weighted by atomic mass is 16.7. The summed E-state index contributed by atoms with van der Waals surface area (Å²) in [6, 6.07) is -1.49. The molecule has 3 saturated heterocycles. The van der Waals surface area contributed by atoms with E-state index in [1.165, 1.54) is 9.80 Å². The third kappa shape index (κ3) is 2.55. The number of hydrogen-bond donors (Lipinski definition) is 3. The smallest absolute Gasteiger partial charge is 0.407 e. The zero-order valence-corrected chi connectivity index (χ0v) is 11.8. The summed E-state index contributed by atoms with van der Waals surface area (Å²) in [6.45, 7) is 0.893. The zero-order chi connectivity index (χ0) is 15.9. The molecular formula is C12H18N4O6. The Balaban J connectivity index is 1.51. The van der Waals surface area contributed by atoms with Crippen molar-refractivity contribution in [3.8, 4) is 0 Å². The molecule has 0 aliphatic carbocycles. The monoisotopic (exact) mass is 314 g/mol. The number of urea groups is 1. The molecule has 0 unspecified atom stereocenters. The summed E-state index contributed by atoms with van der Waals surface area (Å²) in [5, 5.41) is 19.1. The molecule has 122 valence electrons. The fraction of sp³-hybridized carbons (Fsp3) is 0.750. The second-order valence-electron chi connectivity index (χ2n) is 5.75. The Morgan fingerprint density at radius 3 is 2.68 bits per heavy atom. The lowest BCUT2D eigenvalue weighted by atomic mass is 10.0. The van der Waals surface area contributed by atoms with Crippen molar-refractivity contribution in [3.63, 3.8) is 0 Å². The molecule has 0 radical (unpaired) electrons. The van der Waals surface area contributed by atoms with Gasteiger partial charge in [0.2, 0.25) is 0 Å². The molecule has 10 nitrogen and oxygen atoms in total. The van der Waals surface area contributed by atoms with E-state index >= 15 is 0 Å². The number of nitrogens with zero attached hydrogens (tertiary/aromatic N) is 3. The van der Waals surface area contributed by atoms with Gasteiger partial charge in [-0.05, 0) is 19.3 Å². The molecule has 3 rings (SSSR count). The van der Waals surface area contributed by atoms with Gasteiger partial charge in [-0.3, -0.25) is 14.8 Å². The molecule has 3 atom stereocenters. The van der Waals surface area contributed by atoms with Crippen molar-refractivity contribution in [2.45, 2.75) is 37.5 Å². The number of likely N-dealkylation sites (tertiary alicyclic amines) is 1. The van der Waals surface area contributed by atoms with E-state index in [2.05, 4.69) is 5.48 Å². The lowest BCUT2D eigenvalue weighted by Gasteiger charge is -2.29. The molecule has 0 saturated carbocycles. The van der Waals surface area contributed by atoms with E-state index < -0.39 is 24.1 Å². The van der Waals surface area contributed by atoms with Gasteiger partial charge in [0.05, 0.1) is 12.6 Å². The van der Waals surface area contributed by atoms with Crippen molar-refractivity contribution < 1.29 is 29.5 Å². The zero-order valence-electron chi connectivity index (χ0n) is 11.8. The van der Waals surface area contributed by atoms with Crippen LogP contribution < -0.4 is 5.48 Å². The predicted molar refractivity (Wildman–Crippen MR) is 69.8 cm³/mol. The van der Waals surface area contributed by atoms with E-state index in [9.17, 15) is 19.6 Å². The van der Waals surface area contributed by atoms with E-state index in [-0.39, 0.29) is 18.7 Å². The first-order chi connectivity index (χ1) is 10.5. The summed E-state index contributed by atoms with van der Waals surface area (Å²) in [7, 11) is 0. The van der Waals surface area contributed by atoms with Crippen molar-refractivity contribution >= 4 is 18.0 Å². The highest BCUT2D eigenvalue weighted by Gasteiger charge is 2.47. The minimum atomic E-state index is -1.01. The van der Waals surface area contributed by atoms with Gasteiger partial charge in [0, 0.05) is 13.1 Å². The molecule has 4 amide bonds. The van der Waals surface area contributed by atoms with Crippen LogP contribution in [0.1, 0.15) is 19.3 Å². The van der Waals surface area contributed by atoms with Gasteiger partial charge in [0.25, 0.3) is 5.91 Å². The number of fused-ring (bicyclic) bond motifs is 2. The standard InChI is InChI=1S/C12H18N4O6/c17-10(13-22-8-3-4-14(6-8)12(19)20)9-2-1-7-5-15(9)11(18)16(7)21/h7-9,21H,1-6H2,(H,13,17)(H,19,20)/t7-,8-,9+/m1/s1. The fourth-order valence-electron chi connectivity index (χ4n) is 3.13. The second-order valence-corrected chi connectivity index (χ2v) is 5.75. The van der Waals surface area contributed by atoms with Crippen LogP contribution in [-0.4, -0.2) is 81.0 Å². The molecular weight excluding hydrogens is 296 g/mol. The fourth-order valence-corrected chi connectivity index (χ4v) is 3.13. The summed E-state index contributed by atoms with van der Waals surface area (Å²) in [5.74, 6) is -0.448. The Labute approximate surface area is 126 Å². The number of carbonyl (C=O) groups excluding carboxylic acids is 2. The van der Waals surface area contributed by atoms with Gasteiger partial charge in [0.1, 0.15) is 12.1 Å². The quantitative estimate of drug-likeness (QED) is 0.474. The maximum atomic E-state index is 12.2. The van der Waals surface area contributed by atoms with Gasteiger partial charge in [-0.25, -0.2) is 20.1 Å². The van der Waals surface area contributed by atoms with Crippen LogP contribution in [0.3, 0.4) is 0 Å². The average Bonchev–Trinajstić information content (AvgIpc) is 3.06. The number of piperidine rings is 1. The van der Waals surface area contributed by atoms with Crippen molar-refractivity contribution in [3.05, 3.63) is 0 Å². The Kier molecular flexibility index (Phi) is 3.79.